The molecule has 0 saturated heterocycles. The molecule has 1 amide bonds. The van der Waals surface area contributed by atoms with Crippen LogP contribution >= 0.6 is 0 Å². The van der Waals surface area contributed by atoms with Gasteiger partial charge in [0, 0.05) is 6.92 Å². The Labute approximate surface area is 125 Å². The van der Waals surface area contributed by atoms with Gasteiger partial charge in [-0.3, -0.25) is 8.98 Å². The van der Waals surface area contributed by atoms with Crippen molar-refractivity contribution >= 4 is 22.0 Å². The van der Waals surface area contributed by atoms with Crippen LogP contribution in [-0.2, 0) is 28.6 Å². The molecule has 0 atom stereocenters. The van der Waals surface area contributed by atoms with E-state index in [1.54, 1.807) is 0 Å². The maximum absolute atomic E-state index is 12.3. The minimum Gasteiger partial charge on any atom is -0.467 e. The zero-order chi connectivity index (χ0) is 17.2. The lowest BCUT2D eigenvalue weighted by atomic mass is 9.80. The molecule has 1 fully saturated rings. The average molecular weight is 347 g/mol. The Balaban J connectivity index is 2.79. The number of ether oxygens (including phenoxy) is 1. The van der Waals surface area contributed by atoms with E-state index in [0.717, 1.165) is 7.11 Å². The van der Waals surface area contributed by atoms with E-state index in [-0.39, 0.29) is 25.7 Å². The van der Waals surface area contributed by atoms with Gasteiger partial charge in [0.1, 0.15) is 5.54 Å². The molecule has 1 aliphatic carbocycles. The molecule has 1 saturated carbocycles. The lowest BCUT2D eigenvalue weighted by molar-refractivity contribution is -0.153. The lowest BCUT2D eigenvalue weighted by Crippen LogP contribution is -2.57. The first-order valence-electron chi connectivity index (χ1n) is 6.30. The predicted octanol–water partition coefficient (Wildman–Crippen LogP) is 0.843. The highest BCUT2D eigenvalue weighted by Crippen LogP contribution is 2.34. The van der Waals surface area contributed by atoms with Crippen molar-refractivity contribution in [2.45, 2.75) is 49.8 Å². The number of hydrogen-bond acceptors (Lipinski definition) is 6. The van der Waals surface area contributed by atoms with Gasteiger partial charge in [-0.1, -0.05) is 0 Å². The number of rotatable bonds is 4. The normalized spacial score (nSPS) is 26.3. The molecule has 22 heavy (non-hydrogen) atoms. The number of esters is 1. The van der Waals surface area contributed by atoms with Crippen LogP contribution in [0.4, 0.5) is 13.2 Å². The standard InChI is InChI=1S/C11H16F3NO6S/c1-7(16)15-10(9(17)20-2)5-3-8(4-6-10)21-22(18,19)11(12,13)14/h8H,3-6H2,1-2H3,(H,15,16). The van der Waals surface area contributed by atoms with E-state index >= 15 is 0 Å². The van der Waals surface area contributed by atoms with E-state index in [0.29, 0.717) is 0 Å². The summed E-state index contributed by atoms with van der Waals surface area (Å²) in [5.41, 5.74) is -6.87. The zero-order valence-electron chi connectivity index (χ0n) is 11.9. The molecule has 1 rings (SSSR count). The molecule has 0 aromatic heterocycles. The van der Waals surface area contributed by atoms with Crippen molar-refractivity contribution in [3.63, 3.8) is 0 Å². The van der Waals surface area contributed by atoms with Crippen LogP contribution in [0, 0.1) is 0 Å². The van der Waals surface area contributed by atoms with Gasteiger partial charge in [-0.05, 0) is 25.7 Å². The first-order valence-corrected chi connectivity index (χ1v) is 7.71. The molecule has 0 radical (unpaired) electrons. The minimum absolute atomic E-state index is 0.0860. The van der Waals surface area contributed by atoms with Crippen molar-refractivity contribution in [3.8, 4) is 0 Å². The fraction of sp³-hybridized carbons (Fsp3) is 0.818. The van der Waals surface area contributed by atoms with E-state index in [9.17, 15) is 31.2 Å². The Bertz CT molecular complexity index is 537. The van der Waals surface area contributed by atoms with E-state index in [2.05, 4.69) is 14.2 Å². The van der Waals surface area contributed by atoms with Gasteiger partial charge in [0.15, 0.2) is 0 Å². The SMILES string of the molecule is COC(=O)C1(NC(C)=O)CCC(OS(=O)(=O)C(F)(F)F)CC1. The number of halogens is 3. The zero-order valence-corrected chi connectivity index (χ0v) is 12.7. The molecule has 0 aromatic carbocycles. The number of carbonyl (C=O) groups is 2. The summed E-state index contributed by atoms with van der Waals surface area (Å²) in [6, 6.07) is 0. The van der Waals surface area contributed by atoms with E-state index in [1.165, 1.54) is 6.92 Å². The maximum atomic E-state index is 12.3. The molecule has 11 heteroatoms. The molecule has 0 unspecified atom stereocenters. The topological polar surface area (TPSA) is 98.8 Å². The Morgan fingerprint density at radius 2 is 1.73 bits per heavy atom. The van der Waals surface area contributed by atoms with Crippen LogP contribution in [0.1, 0.15) is 32.6 Å². The Morgan fingerprint density at radius 1 is 1.23 bits per heavy atom. The summed E-state index contributed by atoms with van der Waals surface area (Å²) < 4.78 is 67.4. The summed E-state index contributed by atoms with van der Waals surface area (Å²) in [4.78, 5) is 23.0. The fourth-order valence-corrected chi connectivity index (χ4v) is 2.99. The molecule has 0 spiro atoms. The highest BCUT2D eigenvalue weighted by atomic mass is 32.2. The Hall–Kier alpha value is -1.36. The monoisotopic (exact) mass is 347 g/mol. The molecule has 1 N–H and O–H groups in total. The number of methoxy groups -OCH3 is 1. The lowest BCUT2D eigenvalue weighted by Gasteiger charge is -2.37. The molecular formula is C11H16F3NO6S. The minimum atomic E-state index is -5.69. The van der Waals surface area contributed by atoms with Crippen LogP contribution in [0.3, 0.4) is 0 Å². The van der Waals surface area contributed by atoms with Gasteiger partial charge in [0.05, 0.1) is 13.2 Å². The van der Waals surface area contributed by atoms with Crippen LogP contribution in [-0.4, -0.2) is 44.6 Å². The number of amides is 1. The second-order valence-electron chi connectivity index (χ2n) is 4.95. The van der Waals surface area contributed by atoms with Crippen molar-refractivity contribution in [2.24, 2.45) is 0 Å². The number of nitrogens with one attached hydrogen (secondary N) is 1. The Kier molecular flexibility index (Phi) is 5.44. The molecule has 0 bridgehead atoms. The van der Waals surface area contributed by atoms with Crippen LogP contribution in [0.5, 0.6) is 0 Å². The quantitative estimate of drug-likeness (QED) is 0.460. The summed E-state index contributed by atoms with van der Waals surface area (Å²) in [6.07, 6.45) is -1.68. The second-order valence-corrected chi connectivity index (χ2v) is 6.51. The Morgan fingerprint density at radius 3 is 2.09 bits per heavy atom. The van der Waals surface area contributed by atoms with E-state index < -0.39 is 39.1 Å². The first-order chi connectivity index (χ1) is 9.93. The van der Waals surface area contributed by atoms with Gasteiger partial charge >= 0.3 is 21.6 Å². The van der Waals surface area contributed by atoms with Crippen molar-refractivity contribution in [1.29, 1.82) is 0 Å². The van der Waals surface area contributed by atoms with Gasteiger partial charge < -0.3 is 10.1 Å². The predicted molar refractivity (Wildman–Crippen MR) is 66.9 cm³/mol. The van der Waals surface area contributed by atoms with Gasteiger partial charge in [0.25, 0.3) is 0 Å². The third-order valence-corrected chi connectivity index (χ3v) is 4.42. The molecule has 0 aliphatic heterocycles. The highest BCUT2D eigenvalue weighted by Gasteiger charge is 2.50. The largest absolute Gasteiger partial charge is 0.523 e. The fourth-order valence-electron chi connectivity index (χ4n) is 2.33. The van der Waals surface area contributed by atoms with E-state index in [1.807, 2.05) is 0 Å². The van der Waals surface area contributed by atoms with Crippen molar-refractivity contribution in [2.75, 3.05) is 7.11 Å². The van der Waals surface area contributed by atoms with Gasteiger partial charge in [-0.2, -0.15) is 21.6 Å². The van der Waals surface area contributed by atoms with Gasteiger partial charge in [0.2, 0.25) is 5.91 Å². The highest BCUT2D eigenvalue weighted by molar-refractivity contribution is 7.87. The van der Waals surface area contributed by atoms with Crippen LogP contribution < -0.4 is 5.32 Å². The third-order valence-electron chi connectivity index (χ3n) is 3.32. The first kappa shape index (κ1) is 18.7. The van der Waals surface area contributed by atoms with Crippen molar-refractivity contribution in [1.82, 2.24) is 5.32 Å². The molecule has 1 aliphatic rings. The smallest absolute Gasteiger partial charge is 0.467 e. The number of carbonyl (C=O) groups excluding carboxylic acids is 2. The van der Waals surface area contributed by atoms with Gasteiger partial charge in [-0.15, -0.1) is 0 Å². The summed E-state index contributed by atoms with van der Waals surface area (Å²) in [5, 5.41) is 2.42. The average Bonchev–Trinajstić information content (AvgIpc) is 2.38. The van der Waals surface area contributed by atoms with Crippen LogP contribution in [0.2, 0.25) is 0 Å². The summed E-state index contributed by atoms with van der Waals surface area (Å²) in [7, 11) is -4.57. The second kappa shape index (κ2) is 6.41. The van der Waals surface area contributed by atoms with Crippen LogP contribution in [0.25, 0.3) is 0 Å². The number of alkyl halides is 3. The van der Waals surface area contributed by atoms with E-state index in [4.69, 9.17) is 0 Å². The summed E-state index contributed by atoms with van der Waals surface area (Å²) >= 11 is 0. The molecule has 128 valence electrons. The molecule has 0 aromatic rings. The van der Waals surface area contributed by atoms with Gasteiger partial charge in [-0.25, -0.2) is 4.79 Å². The number of hydrogen-bond donors (Lipinski definition) is 1. The summed E-state index contributed by atoms with van der Waals surface area (Å²) in [6.45, 7) is 1.18. The van der Waals surface area contributed by atoms with Crippen LogP contribution in [0.15, 0.2) is 0 Å². The van der Waals surface area contributed by atoms with Crippen molar-refractivity contribution < 1.29 is 40.1 Å². The molecule has 7 nitrogen and oxygen atoms in total. The maximum Gasteiger partial charge on any atom is 0.523 e. The molecular weight excluding hydrogens is 331 g/mol. The third kappa shape index (κ3) is 4.09. The summed E-state index contributed by atoms with van der Waals surface area (Å²) in [5.74, 6) is -1.24. The molecule has 0 heterocycles. The van der Waals surface area contributed by atoms with Crippen molar-refractivity contribution in [3.05, 3.63) is 0 Å².